The Morgan fingerprint density at radius 3 is 2.55 bits per heavy atom. The first-order chi connectivity index (χ1) is 10.2. The third-order valence-electron chi connectivity index (χ3n) is 3.33. The monoisotopic (exact) mass is 303 g/mol. The molecule has 0 aliphatic rings. The van der Waals surface area contributed by atoms with E-state index in [1.54, 1.807) is 13.1 Å². The molecule has 0 aliphatic carbocycles. The van der Waals surface area contributed by atoms with Gasteiger partial charge in [-0.2, -0.15) is 0 Å². The number of rotatable bonds is 3. The van der Waals surface area contributed by atoms with Crippen molar-refractivity contribution in [3.63, 3.8) is 0 Å². The second-order valence-electron chi connectivity index (χ2n) is 6.46. The van der Waals surface area contributed by atoms with Gasteiger partial charge in [0.1, 0.15) is 5.60 Å². The summed E-state index contributed by atoms with van der Waals surface area (Å²) in [5, 5.41) is 9.99. The van der Waals surface area contributed by atoms with Gasteiger partial charge in [0.05, 0.1) is 11.4 Å². The van der Waals surface area contributed by atoms with Gasteiger partial charge in [-0.15, -0.1) is 0 Å². The summed E-state index contributed by atoms with van der Waals surface area (Å²) in [4.78, 5) is 23.4. The fourth-order valence-electron chi connectivity index (χ4n) is 2.31. The third kappa shape index (κ3) is 3.47. The Morgan fingerprint density at radius 2 is 1.95 bits per heavy atom. The number of para-hydroxylation sites is 1. The van der Waals surface area contributed by atoms with Crippen LogP contribution in [0.2, 0.25) is 0 Å². The van der Waals surface area contributed by atoms with Crippen LogP contribution in [0.1, 0.15) is 33.3 Å². The van der Waals surface area contributed by atoms with Gasteiger partial charge in [-0.05, 0) is 38.8 Å². The number of benzene rings is 1. The van der Waals surface area contributed by atoms with E-state index < -0.39 is 23.6 Å². The number of aliphatic carboxylic acids is 1. The number of carboxylic acid groups (broad SMARTS) is 1. The van der Waals surface area contributed by atoms with Crippen molar-refractivity contribution in [2.75, 3.05) is 0 Å². The van der Waals surface area contributed by atoms with Gasteiger partial charge < -0.3 is 9.84 Å². The molecule has 0 fully saturated rings. The molecule has 1 aromatic carbocycles. The minimum absolute atomic E-state index is 0.361. The number of carbonyl (C=O) groups is 2. The van der Waals surface area contributed by atoms with Crippen molar-refractivity contribution in [1.29, 1.82) is 0 Å². The van der Waals surface area contributed by atoms with Gasteiger partial charge in [0.15, 0.2) is 0 Å². The van der Waals surface area contributed by atoms with Crippen LogP contribution in [0.25, 0.3) is 10.9 Å². The fourth-order valence-corrected chi connectivity index (χ4v) is 2.31. The van der Waals surface area contributed by atoms with Crippen LogP contribution in [0.5, 0.6) is 0 Å². The maximum Gasteiger partial charge on any atom is 0.418 e. The molecule has 22 heavy (non-hydrogen) atoms. The number of aromatic nitrogens is 1. The van der Waals surface area contributed by atoms with E-state index in [0.717, 1.165) is 10.9 Å². The summed E-state index contributed by atoms with van der Waals surface area (Å²) in [7, 11) is 0. The molecular formula is C17H21NO4. The molecule has 118 valence electrons. The lowest BCUT2D eigenvalue weighted by Crippen LogP contribution is -2.27. The molecule has 0 amide bonds. The van der Waals surface area contributed by atoms with Crippen molar-refractivity contribution >= 4 is 23.0 Å². The third-order valence-corrected chi connectivity index (χ3v) is 3.33. The lowest BCUT2D eigenvalue weighted by atomic mass is 9.99. The Balaban J connectivity index is 2.44. The molecular weight excluding hydrogens is 282 g/mol. The first-order valence-corrected chi connectivity index (χ1v) is 7.24. The van der Waals surface area contributed by atoms with Crippen LogP contribution in [0, 0.1) is 5.92 Å². The van der Waals surface area contributed by atoms with Gasteiger partial charge in [0.25, 0.3) is 0 Å². The molecule has 0 radical (unpaired) electrons. The molecule has 0 bridgehead atoms. The van der Waals surface area contributed by atoms with Crippen molar-refractivity contribution < 1.29 is 19.4 Å². The first kappa shape index (κ1) is 16.1. The SMILES string of the molecule is CC(Cc1cccc2ccn(C(=O)OC(C)(C)C)c12)C(=O)O. The van der Waals surface area contributed by atoms with E-state index in [9.17, 15) is 9.59 Å². The normalized spacial score (nSPS) is 13.1. The average Bonchev–Trinajstić information content (AvgIpc) is 2.81. The highest BCUT2D eigenvalue weighted by atomic mass is 16.6. The number of carbonyl (C=O) groups excluding carboxylic acids is 1. The van der Waals surface area contributed by atoms with E-state index in [1.165, 1.54) is 4.57 Å². The minimum atomic E-state index is -0.854. The molecule has 2 aromatic rings. The highest BCUT2D eigenvalue weighted by Crippen LogP contribution is 2.24. The van der Waals surface area contributed by atoms with E-state index in [1.807, 2.05) is 45.0 Å². The quantitative estimate of drug-likeness (QED) is 0.939. The summed E-state index contributed by atoms with van der Waals surface area (Å²) < 4.78 is 6.85. The summed E-state index contributed by atoms with van der Waals surface area (Å²) in [5.74, 6) is -1.38. The molecule has 1 heterocycles. The van der Waals surface area contributed by atoms with Crippen molar-refractivity contribution in [1.82, 2.24) is 4.57 Å². The van der Waals surface area contributed by atoms with E-state index in [0.29, 0.717) is 11.9 Å². The minimum Gasteiger partial charge on any atom is -0.481 e. The Hall–Kier alpha value is -2.30. The number of fused-ring (bicyclic) bond motifs is 1. The highest BCUT2D eigenvalue weighted by Gasteiger charge is 2.21. The lowest BCUT2D eigenvalue weighted by Gasteiger charge is -2.20. The highest BCUT2D eigenvalue weighted by molar-refractivity contribution is 5.92. The molecule has 0 saturated carbocycles. The molecule has 5 heteroatoms. The molecule has 1 atom stereocenters. The molecule has 2 rings (SSSR count). The zero-order chi connectivity index (χ0) is 16.5. The van der Waals surface area contributed by atoms with Crippen LogP contribution >= 0.6 is 0 Å². The summed E-state index contributed by atoms with van der Waals surface area (Å²) in [6, 6.07) is 7.44. The summed E-state index contributed by atoms with van der Waals surface area (Å²) in [5.41, 5.74) is 0.949. The molecule has 5 nitrogen and oxygen atoms in total. The molecule has 1 aromatic heterocycles. The van der Waals surface area contributed by atoms with Gasteiger partial charge in [-0.25, -0.2) is 4.79 Å². The van der Waals surface area contributed by atoms with E-state index in [4.69, 9.17) is 9.84 Å². The number of hydrogen-bond acceptors (Lipinski definition) is 3. The van der Waals surface area contributed by atoms with Crippen LogP contribution in [0.15, 0.2) is 30.5 Å². The van der Waals surface area contributed by atoms with Crippen molar-refractivity contribution in [3.05, 3.63) is 36.0 Å². The molecule has 1 N–H and O–H groups in total. The standard InChI is InChI=1S/C17H21NO4/c1-11(15(19)20)10-13-7-5-6-12-8-9-18(14(12)13)16(21)22-17(2,3)4/h5-9,11H,10H2,1-4H3,(H,19,20). The maximum absolute atomic E-state index is 12.3. The van der Waals surface area contributed by atoms with Crippen LogP contribution in [-0.2, 0) is 16.0 Å². The Kier molecular flexibility index (Phi) is 4.26. The Morgan fingerprint density at radius 1 is 1.27 bits per heavy atom. The van der Waals surface area contributed by atoms with Crippen LogP contribution in [0.3, 0.4) is 0 Å². The van der Waals surface area contributed by atoms with Crippen molar-refractivity contribution in [2.45, 2.75) is 39.7 Å². The summed E-state index contributed by atoms with van der Waals surface area (Å²) in [6.07, 6.45) is 1.56. The molecule has 0 saturated heterocycles. The zero-order valence-corrected chi connectivity index (χ0v) is 13.3. The van der Waals surface area contributed by atoms with E-state index in [-0.39, 0.29) is 0 Å². The second kappa shape index (κ2) is 5.83. The van der Waals surface area contributed by atoms with Gasteiger partial charge in [0, 0.05) is 11.6 Å². The van der Waals surface area contributed by atoms with Gasteiger partial charge in [-0.1, -0.05) is 25.1 Å². The van der Waals surface area contributed by atoms with Crippen LogP contribution in [0.4, 0.5) is 4.79 Å². The van der Waals surface area contributed by atoms with Crippen LogP contribution in [-0.4, -0.2) is 27.3 Å². The lowest BCUT2D eigenvalue weighted by molar-refractivity contribution is -0.141. The van der Waals surface area contributed by atoms with Gasteiger partial charge in [-0.3, -0.25) is 9.36 Å². The molecule has 0 spiro atoms. The number of hydrogen-bond donors (Lipinski definition) is 1. The van der Waals surface area contributed by atoms with Gasteiger partial charge >= 0.3 is 12.1 Å². The number of carboxylic acids is 1. The molecule has 1 unspecified atom stereocenters. The second-order valence-corrected chi connectivity index (χ2v) is 6.46. The number of nitrogens with zero attached hydrogens (tertiary/aromatic N) is 1. The maximum atomic E-state index is 12.3. The Bertz CT molecular complexity index is 709. The zero-order valence-electron chi connectivity index (χ0n) is 13.3. The predicted molar refractivity (Wildman–Crippen MR) is 84.1 cm³/mol. The first-order valence-electron chi connectivity index (χ1n) is 7.24. The van der Waals surface area contributed by atoms with Crippen molar-refractivity contribution in [3.8, 4) is 0 Å². The average molecular weight is 303 g/mol. The van der Waals surface area contributed by atoms with Gasteiger partial charge in [0.2, 0.25) is 0 Å². The fraction of sp³-hybridized carbons (Fsp3) is 0.412. The summed E-state index contributed by atoms with van der Waals surface area (Å²) >= 11 is 0. The number of ether oxygens (including phenoxy) is 1. The van der Waals surface area contributed by atoms with Crippen molar-refractivity contribution in [2.24, 2.45) is 5.92 Å². The Labute approximate surface area is 129 Å². The topological polar surface area (TPSA) is 68.5 Å². The largest absolute Gasteiger partial charge is 0.481 e. The van der Waals surface area contributed by atoms with E-state index in [2.05, 4.69) is 0 Å². The predicted octanol–water partition coefficient (Wildman–Crippen LogP) is 3.69. The summed E-state index contributed by atoms with van der Waals surface area (Å²) in [6.45, 7) is 7.08. The smallest absolute Gasteiger partial charge is 0.418 e. The van der Waals surface area contributed by atoms with E-state index >= 15 is 0 Å². The van der Waals surface area contributed by atoms with Crippen LogP contribution < -0.4 is 0 Å². The molecule has 0 aliphatic heterocycles.